The number of nitrogens with two attached hydrogens (primary N) is 1. The van der Waals surface area contributed by atoms with E-state index in [0.29, 0.717) is 48.8 Å². The summed E-state index contributed by atoms with van der Waals surface area (Å²) in [5, 5.41) is 0. The molecule has 1 aromatic carbocycles. The lowest BCUT2D eigenvalue weighted by Crippen LogP contribution is -2.50. The van der Waals surface area contributed by atoms with E-state index in [4.69, 9.17) is 10.2 Å². The predicted molar refractivity (Wildman–Crippen MR) is 90.8 cm³/mol. The minimum absolute atomic E-state index is 0.0302. The Morgan fingerprint density at radius 1 is 0.958 bits per heavy atom. The van der Waals surface area contributed by atoms with E-state index in [1.807, 2.05) is 6.92 Å². The smallest absolute Gasteiger partial charge is 0.257 e. The molecule has 2 amide bonds. The number of anilines is 1. The molecule has 1 aliphatic rings. The van der Waals surface area contributed by atoms with Crippen molar-refractivity contribution >= 4 is 17.5 Å². The van der Waals surface area contributed by atoms with E-state index in [9.17, 15) is 9.59 Å². The number of nitrogen functional groups attached to an aromatic ring is 1. The Labute approximate surface area is 140 Å². The number of carbonyl (C=O) groups excluding carboxylic acids is 2. The second kappa shape index (κ2) is 6.39. The summed E-state index contributed by atoms with van der Waals surface area (Å²) < 4.78 is 5.43. The van der Waals surface area contributed by atoms with Crippen LogP contribution in [0.2, 0.25) is 0 Å². The van der Waals surface area contributed by atoms with Gasteiger partial charge in [-0.15, -0.1) is 0 Å². The summed E-state index contributed by atoms with van der Waals surface area (Å²) in [4.78, 5) is 28.6. The number of hydrogen-bond acceptors (Lipinski definition) is 4. The van der Waals surface area contributed by atoms with Gasteiger partial charge in [-0.1, -0.05) is 0 Å². The lowest BCUT2D eigenvalue weighted by atomic mass is 10.1. The molecule has 126 valence electrons. The van der Waals surface area contributed by atoms with Crippen LogP contribution in [0.25, 0.3) is 0 Å². The number of piperazine rings is 1. The Bertz CT molecular complexity index is 756. The molecule has 1 aliphatic heterocycles. The van der Waals surface area contributed by atoms with Crippen molar-refractivity contribution < 1.29 is 14.0 Å². The van der Waals surface area contributed by atoms with Gasteiger partial charge in [-0.2, -0.15) is 0 Å². The van der Waals surface area contributed by atoms with Gasteiger partial charge in [-0.3, -0.25) is 9.59 Å². The zero-order valence-corrected chi connectivity index (χ0v) is 13.9. The predicted octanol–water partition coefficient (Wildman–Crippen LogP) is 2.08. The number of aryl methyl sites for hydroxylation is 2. The van der Waals surface area contributed by atoms with Gasteiger partial charge in [0.05, 0.1) is 5.56 Å². The zero-order valence-electron chi connectivity index (χ0n) is 13.9. The highest BCUT2D eigenvalue weighted by molar-refractivity contribution is 5.96. The molecule has 2 aromatic rings. The molecule has 0 unspecified atom stereocenters. The highest BCUT2D eigenvalue weighted by Crippen LogP contribution is 2.18. The summed E-state index contributed by atoms with van der Waals surface area (Å²) in [6, 6.07) is 8.66. The molecule has 0 radical (unpaired) electrons. The first-order valence-corrected chi connectivity index (χ1v) is 7.97. The van der Waals surface area contributed by atoms with E-state index in [1.54, 1.807) is 47.1 Å². The van der Waals surface area contributed by atoms with Gasteiger partial charge in [-0.25, -0.2) is 0 Å². The van der Waals surface area contributed by atoms with Crippen LogP contribution < -0.4 is 5.73 Å². The molecule has 0 atom stereocenters. The Hall–Kier alpha value is -2.76. The quantitative estimate of drug-likeness (QED) is 0.857. The number of benzene rings is 1. The van der Waals surface area contributed by atoms with Crippen LogP contribution in [0.3, 0.4) is 0 Å². The van der Waals surface area contributed by atoms with E-state index >= 15 is 0 Å². The topological polar surface area (TPSA) is 79.8 Å². The van der Waals surface area contributed by atoms with Gasteiger partial charge in [-0.05, 0) is 44.2 Å². The van der Waals surface area contributed by atoms with Gasteiger partial charge in [0.1, 0.15) is 11.5 Å². The minimum Gasteiger partial charge on any atom is -0.466 e. The lowest BCUT2D eigenvalue weighted by Gasteiger charge is -2.34. The second-order valence-corrected chi connectivity index (χ2v) is 6.03. The van der Waals surface area contributed by atoms with Crippen molar-refractivity contribution in [3.8, 4) is 0 Å². The Morgan fingerprint density at radius 2 is 1.50 bits per heavy atom. The number of carbonyl (C=O) groups is 2. The molecule has 6 nitrogen and oxygen atoms in total. The average molecular weight is 327 g/mol. The number of hydrogen-bond donors (Lipinski definition) is 1. The van der Waals surface area contributed by atoms with E-state index in [1.165, 1.54) is 0 Å². The van der Waals surface area contributed by atoms with Crippen LogP contribution in [0.15, 0.2) is 34.7 Å². The summed E-state index contributed by atoms with van der Waals surface area (Å²) in [5.41, 5.74) is 7.50. The molecule has 0 spiro atoms. The monoisotopic (exact) mass is 327 g/mol. The van der Waals surface area contributed by atoms with Gasteiger partial charge >= 0.3 is 0 Å². The van der Waals surface area contributed by atoms with Crippen molar-refractivity contribution in [1.29, 1.82) is 0 Å². The van der Waals surface area contributed by atoms with Crippen LogP contribution in [-0.2, 0) is 0 Å². The fraction of sp³-hybridized carbons (Fsp3) is 0.333. The molecule has 0 bridgehead atoms. The molecule has 2 heterocycles. The number of amides is 2. The van der Waals surface area contributed by atoms with Crippen molar-refractivity contribution in [2.75, 3.05) is 31.9 Å². The molecule has 1 fully saturated rings. The normalized spacial score (nSPS) is 14.8. The third-order valence-corrected chi connectivity index (χ3v) is 4.28. The molecule has 1 aromatic heterocycles. The van der Waals surface area contributed by atoms with Crippen molar-refractivity contribution in [3.05, 3.63) is 53.0 Å². The first-order valence-electron chi connectivity index (χ1n) is 7.97. The van der Waals surface area contributed by atoms with E-state index in [0.717, 1.165) is 5.76 Å². The maximum atomic E-state index is 12.6. The molecule has 2 N–H and O–H groups in total. The third kappa shape index (κ3) is 3.13. The van der Waals surface area contributed by atoms with Crippen LogP contribution in [0.5, 0.6) is 0 Å². The van der Waals surface area contributed by atoms with Crippen molar-refractivity contribution in [2.24, 2.45) is 0 Å². The van der Waals surface area contributed by atoms with Crippen molar-refractivity contribution in [3.63, 3.8) is 0 Å². The summed E-state index contributed by atoms with van der Waals surface area (Å²) in [7, 11) is 0. The highest BCUT2D eigenvalue weighted by Gasteiger charge is 2.27. The molecule has 6 heteroatoms. The maximum absolute atomic E-state index is 12.6. The van der Waals surface area contributed by atoms with Crippen LogP contribution in [0.1, 0.15) is 32.2 Å². The number of rotatable bonds is 2. The summed E-state index contributed by atoms with van der Waals surface area (Å²) in [6.07, 6.45) is 0. The van der Waals surface area contributed by atoms with Crippen LogP contribution in [0, 0.1) is 13.8 Å². The Balaban J connectivity index is 1.63. The van der Waals surface area contributed by atoms with E-state index in [-0.39, 0.29) is 11.8 Å². The Morgan fingerprint density at radius 3 is 2.00 bits per heavy atom. The fourth-order valence-electron chi connectivity index (χ4n) is 2.93. The van der Waals surface area contributed by atoms with Gasteiger partial charge in [0.2, 0.25) is 0 Å². The minimum atomic E-state index is -0.0380. The van der Waals surface area contributed by atoms with Gasteiger partial charge in [0, 0.05) is 37.4 Å². The number of furan rings is 1. The molecule has 1 saturated heterocycles. The molecular weight excluding hydrogens is 306 g/mol. The summed E-state index contributed by atoms with van der Waals surface area (Å²) in [5.74, 6) is 1.30. The largest absolute Gasteiger partial charge is 0.466 e. The maximum Gasteiger partial charge on any atom is 0.257 e. The first-order chi connectivity index (χ1) is 11.5. The SMILES string of the molecule is Cc1cc(C(=O)N2CCN(C(=O)c3ccc(N)cc3)CC2)c(C)o1. The molecule has 0 aliphatic carbocycles. The highest BCUT2D eigenvalue weighted by atomic mass is 16.3. The van der Waals surface area contributed by atoms with Crippen LogP contribution >= 0.6 is 0 Å². The number of nitrogens with zero attached hydrogens (tertiary/aromatic N) is 2. The lowest BCUT2D eigenvalue weighted by molar-refractivity contribution is 0.0534. The standard InChI is InChI=1S/C18H21N3O3/c1-12-11-16(13(2)24-12)18(23)21-9-7-20(8-10-21)17(22)14-3-5-15(19)6-4-14/h3-6,11H,7-10,19H2,1-2H3. The van der Waals surface area contributed by atoms with Crippen LogP contribution in [0.4, 0.5) is 5.69 Å². The average Bonchev–Trinajstić information content (AvgIpc) is 2.93. The van der Waals surface area contributed by atoms with Gasteiger partial charge < -0.3 is 20.0 Å². The van der Waals surface area contributed by atoms with E-state index in [2.05, 4.69) is 0 Å². The summed E-state index contributed by atoms with van der Waals surface area (Å²) >= 11 is 0. The molecule has 24 heavy (non-hydrogen) atoms. The second-order valence-electron chi connectivity index (χ2n) is 6.03. The molecule has 3 rings (SSSR count). The van der Waals surface area contributed by atoms with Crippen molar-refractivity contribution in [2.45, 2.75) is 13.8 Å². The Kier molecular flexibility index (Phi) is 4.29. The van der Waals surface area contributed by atoms with Gasteiger partial charge in [0.15, 0.2) is 0 Å². The van der Waals surface area contributed by atoms with Crippen molar-refractivity contribution in [1.82, 2.24) is 9.80 Å². The molecule has 0 saturated carbocycles. The van der Waals surface area contributed by atoms with E-state index < -0.39 is 0 Å². The summed E-state index contributed by atoms with van der Waals surface area (Å²) in [6.45, 7) is 5.69. The molecular formula is C18H21N3O3. The van der Waals surface area contributed by atoms with Gasteiger partial charge in [0.25, 0.3) is 11.8 Å². The van der Waals surface area contributed by atoms with Crippen LogP contribution in [-0.4, -0.2) is 47.8 Å². The zero-order chi connectivity index (χ0) is 17.3. The first kappa shape index (κ1) is 16.1. The third-order valence-electron chi connectivity index (χ3n) is 4.28. The fourth-order valence-corrected chi connectivity index (χ4v) is 2.93.